The van der Waals surface area contributed by atoms with Gasteiger partial charge in [0.05, 0.1) is 19.8 Å². The Hall–Kier alpha value is -1.75. The van der Waals surface area contributed by atoms with Gasteiger partial charge in [0.25, 0.3) is 5.91 Å². The Morgan fingerprint density at radius 2 is 2.05 bits per heavy atom. The molecule has 0 aliphatic rings. The van der Waals surface area contributed by atoms with Crippen LogP contribution in [-0.4, -0.2) is 39.3 Å². The SMILES string of the molecule is CCN[C@H](C)CNC(=O)c1ccc(OC)cc1OC. The van der Waals surface area contributed by atoms with Gasteiger partial charge in [-0.2, -0.15) is 0 Å². The summed E-state index contributed by atoms with van der Waals surface area (Å²) in [4.78, 5) is 12.1. The molecule has 0 saturated heterocycles. The minimum absolute atomic E-state index is 0.149. The van der Waals surface area contributed by atoms with E-state index >= 15 is 0 Å². The summed E-state index contributed by atoms with van der Waals surface area (Å²) in [6.07, 6.45) is 0. The predicted octanol–water partition coefficient (Wildman–Crippen LogP) is 1.43. The number of nitrogens with one attached hydrogen (secondary N) is 2. The summed E-state index contributed by atoms with van der Waals surface area (Å²) >= 11 is 0. The monoisotopic (exact) mass is 266 g/mol. The average molecular weight is 266 g/mol. The fourth-order valence-electron chi connectivity index (χ4n) is 1.75. The van der Waals surface area contributed by atoms with Gasteiger partial charge in [-0.15, -0.1) is 0 Å². The molecular formula is C14H22N2O3. The second-order valence-electron chi connectivity index (χ2n) is 4.23. The summed E-state index contributed by atoms with van der Waals surface area (Å²) in [6.45, 7) is 5.50. The van der Waals surface area contributed by atoms with E-state index in [0.29, 0.717) is 23.6 Å². The summed E-state index contributed by atoms with van der Waals surface area (Å²) in [7, 11) is 3.11. The number of hydrogen-bond donors (Lipinski definition) is 2. The van der Waals surface area contributed by atoms with E-state index in [0.717, 1.165) is 6.54 Å². The molecule has 1 aromatic carbocycles. The van der Waals surface area contributed by atoms with E-state index in [2.05, 4.69) is 10.6 Å². The van der Waals surface area contributed by atoms with Crippen molar-refractivity contribution in [3.05, 3.63) is 23.8 Å². The van der Waals surface area contributed by atoms with E-state index in [1.54, 1.807) is 25.3 Å². The molecule has 0 radical (unpaired) electrons. The van der Waals surface area contributed by atoms with E-state index in [-0.39, 0.29) is 11.9 Å². The number of ether oxygens (including phenoxy) is 2. The molecule has 0 saturated carbocycles. The first kappa shape index (κ1) is 15.3. The highest BCUT2D eigenvalue weighted by Crippen LogP contribution is 2.24. The second kappa shape index (κ2) is 7.63. The first-order valence-corrected chi connectivity index (χ1v) is 6.36. The molecule has 0 aliphatic heterocycles. The second-order valence-corrected chi connectivity index (χ2v) is 4.23. The summed E-state index contributed by atoms with van der Waals surface area (Å²) in [6, 6.07) is 5.37. The van der Waals surface area contributed by atoms with Crippen LogP contribution in [0.5, 0.6) is 11.5 Å². The van der Waals surface area contributed by atoms with Crippen molar-refractivity contribution in [2.45, 2.75) is 19.9 Å². The molecule has 2 N–H and O–H groups in total. The Labute approximate surface area is 114 Å². The molecule has 0 bridgehead atoms. The van der Waals surface area contributed by atoms with E-state index in [4.69, 9.17) is 9.47 Å². The predicted molar refractivity (Wildman–Crippen MR) is 75.0 cm³/mol. The Morgan fingerprint density at radius 3 is 2.63 bits per heavy atom. The zero-order valence-electron chi connectivity index (χ0n) is 11.9. The average Bonchev–Trinajstić information content (AvgIpc) is 2.44. The van der Waals surface area contributed by atoms with Crippen LogP contribution >= 0.6 is 0 Å². The number of likely N-dealkylation sites (N-methyl/N-ethyl adjacent to an activating group) is 1. The Bertz CT molecular complexity index is 421. The Morgan fingerprint density at radius 1 is 1.32 bits per heavy atom. The minimum Gasteiger partial charge on any atom is -0.497 e. The fourth-order valence-corrected chi connectivity index (χ4v) is 1.75. The molecule has 0 unspecified atom stereocenters. The summed E-state index contributed by atoms with van der Waals surface area (Å²) in [5.41, 5.74) is 0.506. The van der Waals surface area contributed by atoms with Crippen molar-refractivity contribution in [1.29, 1.82) is 0 Å². The molecule has 5 nitrogen and oxygen atoms in total. The lowest BCUT2D eigenvalue weighted by atomic mass is 10.1. The van der Waals surface area contributed by atoms with Crippen LogP contribution in [0.3, 0.4) is 0 Å². The zero-order valence-corrected chi connectivity index (χ0v) is 11.9. The molecule has 0 spiro atoms. The van der Waals surface area contributed by atoms with Gasteiger partial charge in [0.1, 0.15) is 11.5 Å². The van der Waals surface area contributed by atoms with Crippen LogP contribution in [0.2, 0.25) is 0 Å². The van der Waals surface area contributed by atoms with Gasteiger partial charge in [0.15, 0.2) is 0 Å². The quantitative estimate of drug-likeness (QED) is 0.784. The van der Waals surface area contributed by atoms with Gasteiger partial charge < -0.3 is 20.1 Å². The van der Waals surface area contributed by atoms with Gasteiger partial charge in [-0.3, -0.25) is 4.79 Å². The van der Waals surface area contributed by atoms with E-state index < -0.39 is 0 Å². The molecule has 0 heterocycles. The van der Waals surface area contributed by atoms with Gasteiger partial charge in [-0.25, -0.2) is 0 Å². The molecular weight excluding hydrogens is 244 g/mol. The van der Waals surface area contributed by atoms with Crippen molar-refractivity contribution in [1.82, 2.24) is 10.6 Å². The van der Waals surface area contributed by atoms with Gasteiger partial charge in [0.2, 0.25) is 0 Å². The van der Waals surface area contributed by atoms with E-state index in [1.165, 1.54) is 7.11 Å². The van der Waals surface area contributed by atoms with Crippen molar-refractivity contribution < 1.29 is 14.3 Å². The molecule has 1 atom stereocenters. The minimum atomic E-state index is -0.149. The third kappa shape index (κ3) is 4.44. The fraction of sp³-hybridized carbons (Fsp3) is 0.500. The summed E-state index contributed by atoms with van der Waals surface area (Å²) in [5, 5.41) is 6.11. The molecule has 5 heteroatoms. The number of carbonyl (C=O) groups is 1. The highest BCUT2D eigenvalue weighted by atomic mass is 16.5. The molecule has 0 fully saturated rings. The maximum absolute atomic E-state index is 12.1. The lowest BCUT2D eigenvalue weighted by Gasteiger charge is -2.14. The van der Waals surface area contributed by atoms with E-state index in [9.17, 15) is 4.79 Å². The van der Waals surface area contributed by atoms with Crippen molar-refractivity contribution >= 4 is 5.91 Å². The number of methoxy groups -OCH3 is 2. The number of carbonyl (C=O) groups excluding carboxylic acids is 1. The number of benzene rings is 1. The topological polar surface area (TPSA) is 59.6 Å². The van der Waals surface area contributed by atoms with Crippen LogP contribution in [0, 0.1) is 0 Å². The molecule has 0 aromatic heterocycles. The zero-order chi connectivity index (χ0) is 14.3. The number of hydrogen-bond acceptors (Lipinski definition) is 4. The third-order valence-corrected chi connectivity index (χ3v) is 2.77. The van der Waals surface area contributed by atoms with Gasteiger partial charge >= 0.3 is 0 Å². The molecule has 1 amide bonds. The van der Waals surface area contributed by atoms with Crippen molar-refractivity contribution in [2.75, 3.05) is 27.3 Å². The molecule has 0 aliphatic carbocycles. The smallest absolute Gasteiger partial charge is 0.255 e. The number of rotatable bonds is 7. The highest BCUT2D eigenvalue weighted by Gasteiger charge is 2.13. The maximum Gasteiger partial charge on any atom is 0.255 e. The van der Waals surface area contributed by atoms with Crippen LogP contribution in [0.15, 0.2) is 18.2 Å². The van der Waals surface area contributed by atoms with Crippen LogP contribution < -0.4 is 20.1 Å². The summed E-state index contributed by atoms with van der Waals surface area (Å²) in [5.74, 6) is 1.02. The van der Waals surface area contributed by atoms with E-state index in [1.807, 2.05) is 13.8 Å². The van der Waals surface area contributed by atoms with Gasteiger partial charge in [-0.05, 0) is 25.6 Å². The van der Waals surface area contributed by atoms with Crippen LogP contribution in [-0.2, 0) is 0 Å². The molecule has 1 aromatic rings. The molecule has 19 heavy (non-hydrogen) atoms. The van der Waals surface area contributed by atoms with Crippen LogP contribution in [0.25, 0.3) is 0 Å². The first-order chi connectivity index (χ1) is 9.12. The standard InChI is InChI=1S/C14H22N2O3/c1-5-15-10(2)9-16-14(17)12-7-6-11(18-3)8-13(12)19-4/h6-8,10,15H,5,9H2,1-4H3,(H,16,17)/t10-/m1/s1. The highest BCUT2D eigenvalue weighted by molar-refractivity contribution is 5.97. The lowest BCUT2D eigenvalue weighted by molar-refractivity contribution is 0.0947. The molecule has 1 rings (SSSR count). The Balaban J connectivity index is 2.71. The van der Waals surface area contributed by atoms with Crippen molar-refractivity contribution in [3.63, 3.8) is 0 Å². The number of amides is 1. The van der Waals surface area contributed by atoms with Crippen LogP contribution in [0.4, 0.5) is 0 Å². The molecule has 106 valence electrons. The van der Waals surface area contributed by atoms with Gasteiger partial charge in [-0.1, -0.05) is 6.92 Å². The largest absolute Gasteiger partial charge is 0.497 e. The third-order valence-electron chi connectivity index (χ3n) is 2.77. The maximum atomic E-state index is 12.1. The van der Waals surface area contributed by atoms with Crippen molar-refractivity contribution in [3.8, 4) is 11.5 Å². The lowest BCUT2D eigenvalue weighted by Crippen LogP contribution is -2.38. The van der Waals surface area contributed by atoms with Crippen molar-refractivity contribution in [2.24, 2.45) is 0 Å². The van der Waals surface area contributed by atoms with Crippen LogP contribution in [0.1, 0.15) is 24.2 Å². The first-order valence-electron chi connectivity index (χ1n) is 6.36. The normalized spacial score (nSPS) is 11.8. The summed E-state index contributed by atoms with van der Waals surface area (Å²) < 4.78 is 10.3. The Kier molecular flexibility index (Phi) is 6.15. The van der Waals surface area contributed by atoms with Gasteiger partial charge in [0, 0.05) is 18.7 Å².